The van der Waals surface area contributed by atoms with Crippen molar-refractivity contribution in [3.63, 3.8) is 0 Å². The summed E-state index contributed by atoms with van der Waals surface area (Å²) in [6, 6.07) is 6.55. The molecule has 9 heteroatoms. The Balaban J connectivity index is 1.81. The van der Waals surface area contributed by atoms with Crippen molar-refractivity contribution in [2.75, 3.05) is 5.75 Å². The molecule has 0 fully saturated rings. The number of amides is 2. The molecule has 2 N–H and O–H groups in total. The summed E-state index contributed by atoms with van der Waals surface area (Å²) >= 11 is 7.00. The fourth-order valence-electron chi connectivity index (χ4n) is 1.57. The van der Waals surface area contributed by atoms with Crippen LogP contribution in [0.2, 0.25) is 5.02 Å². The van der Waals surface area contributed by atoms with E-state index in [4.69, 9.17) is 16.0 Å². The minimum atomic E-state index is -0.494. The molecular formula is C15H17ClN4O3S. The summed E-state index contributed by atoms with van der Waals surface area (Å²) in [5.74, 6) is -0.380. The number of rotatable bonds is 4. The molecule has 1 aromatic carbocycles. The monoisotopic (exact) mass is 368 g/mol. The highest BCUT2D eigenvalue weighted by Gasteiger charge is 2.22. The second kappa shape index (κ2) is 7.67. The van der Waals surface area contributed by atoms with Gasteiger partial charge in [-0.15, -0.1) is 10.2 Å². The lowest BCUT2D eigenvalue weighted by molar-refractivity contribution is -0.119. The Bertz CT molecular complexity index is 742. The van der Waals surface area contributed by atoms with Crippen LogP contribution >= 0.6 is 23.4 Å². The maximum absolute atomic E-state index is 11.9. The van der Waals surface area contributed by atoms with Crippen molar-refractivity contribution >= 4 is 35.2 Å². The zero-order chi connectivity index (χ0) is 17.7. The van der Waals surface area contributed by atoms with Gasteiger partial charge in [-0.05, 0) is 12.1 Å². The third-order valence-electron chi connectivity index (χ3n) is 2.81. The van der Waals surface area contributed by atoms with Crippen LogP contribution in [0.1, 0.15) is 37.0 Å². The van der Waals surface area contributed by atoms with E-state index in [1.807, 2.05) is 20.8 Å². The summed E-state index contributed by atoms with van der Waals surface area (Å²) in [6.45, 7) is 5.85. The molecule has 0 saturated carbocycles. The van der Waals surface area contributed by atoms with E-state index in [1.54, 1.807) is 24.3 Å². The van der Waals surface area contributed by atoms with E-state index in [0.717, 1.165) is 11.8 Å². The van der Waals surface area contributed by atoms with E-state index in [1.165, 1.54) is 0 Å². The van der Waals surface area contributed by atoms with Crippen molar-refractivity contribution in [1.82, 2.24) is 21.0 Å². The van der Waals surface area contributed by atoms with E-state index in [0.29, 0.717) is 16.1 Å². The predicted octanol–water partition coefficient (Wildman–Crippen LogP) is 2.57. The zero-order valence-electron chi connectivity index (χ0n) is 13.4. The van der Waals surface area contributed by atoms with Gasteiger partial charge in [-0.2, -0.15) is 0 Å². The van der Waals surface area contributed by atoms with Gasteiger partial charge in [0, 0.05) is 5.41 Å². The number of nitrogens with one attached hydrogen (secondary N) is 2. The SMILES string of the molecule is CC(C)(C)c1nnc(SCC(=O)NNC(=O)c2ccccc2Cl)o1. The van der Waals surface area contributed by atoms with Crippen molar-refractivity contribution in [3.8, 4) is 0 Å². The number of halogens is 1. The Kier molecular flexibility index (Phi) is 5.84. The number of benzene rings is 1. The van der Waals surface area contributed by atoms with E-state index < -0.39 is 11.8 Å². The first kappa shape index (κ1) is 18.3. The molecule has 0 spiro atoms. The molecule has 0 aliphatic rings. The number of aromatic nitrogens is 2. The average molecular weight is 369 g/mol. The molecule has 7 nitrogen and oxygen atoms in total. The van der Waals surface area contributed by atoms with Crippen LogP contribution in [-0.2, 0) is 10.2 Å². The van der Waals surface area contributed by atoms with E-state index >= 15 is 0 Å². The van der Waals surface area contributed by atoms with Crippen molar-refractivity contribution in [1.29, 1.82) is 0 Å². The van der Waals surface area contributed by atoms with Gasteiger partial charge < -0.3 is 4.42 Å². The molecule has 0 radical (unpaired) electrons. The van der Waals surface area contributed by atoms with Crippen molar-refractivity contribution in [2.24, 2.45) is 0 Å². The maximum atomic E-state index is 11.9. The molecule has 1 heterocycles. The third kappa shape index (κ3) is 4.97. The summed E-state index contributed by atoms with van der Waals surface area (Å²) in [5, 5.41) is 8.41. The van der Waals surface area contributed by atoms with Crippen molar-refractivity contribution < 1.29 is 14.0 Å². The molecule has 0 bridgehead atoms. The number of hydrogen-bond donors (Lipinski definition) is 2. The topological polar surface area (TPSA) is 97.1 Å². The van der Waals surface area contributed by atoms with Crippen LogP contribution in [-0.4, -0.2) is 27.8 Å². The third-order valence-corrected chi connectivity index (χ3v) is 3.96. The summed E-state index contributed by atoms with van der Waals surface area (Å²) in [7, 11) is 0. The summed E-state index contributed by atoms with van der Waals surface area (Å²) in [4.78, 5) is 23.7. The molecule has 2 rings (SSSR count). The predicted molar refractivity (Wildman–Crippen MR) is 90.8 cm³/mol. The molecule has 128 valence electrons. The fourth-order valence-corrected chi connectivity index (χ4v) is 2.36. The van der Waals surface area contributed by atoms with Crippen LogP contribution in [0.25, 0.3) is 0 Å². The number of hydrogen-bond acceptors (Lipinski definition) is 6. The number of thioether (sulfide) groups is 1. The van der Waals surface area contributed by atoms with Gasteiger partial charge in [0.1, 0.15) is 0 Å². The lowest BCUT2D eigenvalue weighted by Gasteiger charge is -2.10. The van der Waals surface area contributed by atoms with Crippen molar-refractivity contribution in [3.05, 3.63) is 40.7 Å². The Morgan fingerprint density at radius 1 is 1.21 bits per heavy atom. The zero-order valence-corrected chi connectivity index (χ0v) is 15.0. The first-order valence-corrected chi connectivity index (χ1v) is 8.44. The minimum Gasteiger partial charge on any atom is -0.415 e. The molecule has 0 saturated heterocycles. The molecule has 1 aromatic heterocycles. The molecule has 0 aliphatic carbocycles. The average Bonchev–Trinajstić information content (AvgIpc) is 3.00. The summed E-state index contributed by atoms with van der Waals surface area (Å²) in [6.07, 6.45) is 0. The van der Waals surface area contributed by atoms with E-state index in [9.17, 15) is 9.59 Å². The van der Waals surface area contributed by atoms with Crippen LogP contribution in [0.5, 0.6) is 0 Å². The summed E-state index contributed by atoms with van der Waals surface area (Å²) < 4.78 is 5.47. The minimum absolute atomic E-state index is 0.0224. The Hall–Kier alpha value is -2.06. The first-order valence-electron chi connectivity index (χ1n) is 7.08. The van der Waals surface area contributed by atoms with Gasteiger partial charge in [0.2, 0.25) is 11.8 Å². The highest BCUT2D eigenvalue weighted by molar-refractivity contribution is 7.99. The van der Waals surface area contributed by atoms with Gasteiger partial charge in [0.15, 0.2) is 0 Å². The molecule has 0 aliphatic heterocycles. The molecule has 2 aromatic rings. The number of carbonyl (C=O) groups excluding carboxylic acids is 2. The maximum Gasteiger partial charge on any atom is 0.277 e. The van der Waals surface area contributed by atoms with E-state index in [2.05, 4.69) is 21.0 Å². The molecule has 24 heavy (non-hydrogen) atoms. The molecular weight excluding hydrogens is 352 g/mol. The highest BCUT2D eigenvalue weighted by atomic mass is 35.5. The van der Waals surface area contributed by atoms with Gasteiger partial charge in [0.05, 0.1) is 16.3 Å². The second-order valence-corrected chi connectivity index (χ2v) is 7.23. The lowest BCUT2D eigenvalue weighted by Crippen LogP contribution is -2.42. The smallest absolute Gasteiger partial charge is 0.277 e. The molecule has 0 unspecified atom stereocenters. The largest absolute Gasteiger partial charge is 0.415 e. The van der Waals surface area contributed by atoms with Crippen LogP contribution in [0.4, 0.5) is 0 Å². The normalized spacial score (nSPS) is 11.2. The second-order valence-electron chi connectivity index (χ2n) is 5.89. The Labute approximate surface area is 148 Å². The van der Waals surface area contributed by atoms with Crippen molar-refractivity contribution in [2.45, 2.75) is 31.4 Å². The number of nitrogens with zero attached hydrogens (tertiary/aromatic N) is 2. The Morgan fingerprint density at radius 2 is 1.92 bits per heavy atom. The van der Waals surface area contributed by atoms with E-state index in [-0.39, 0.29) is 16.7 Å². The van der Waals surface area contributed by atoms with Gasteiger partial charge in [-0.3, -0.25) is 20.4 Å². The van der Waals surface area contributed by atoms with Crippen LogP contribution in [0.3, 0.4) is 0 Å². The fraction of sp³-hybridized carbons (Fsp3) is 0.333. The first-order chi connectivity index (χ1) is 11.3. The number of carbonyl (C=O) groups is 2. The van der Waals surface area contributed by atoms with Crippen LogP contribution in [0.15, 0.2) is 33.9 Å². The van der Waals surface area contributed by atoms with Gasteiger partial charge in [0.25, 0.3) is 11.1 Å². The summed E-state index contributed by atoms with van der Waals surface area (Å²) in [5.41, 5.74) is 4.63. The highest BCUT2D eigenvalue weighted by Crippen LogP contribution is 2.24. The Morgan fingerprint density at radius 3 is 2.54 bits per heavy atom. The van der Waals surface area contributed by atoms with Gasteiger partial charge in [-0.1, -0.05) is 56.3 Å². The standard InChI is InChI=1S/C15H17ClN4O3S/c1-15(2,3)13-19-20-14(23-13)24-8-11(21)17-18-12(22)9-6-4-5-7-10(9)16/h4-7H,8H2,1-3H3,(H,17,21)(H,18,22). The van der Waals surface area contributed by atoms with Gasteiger partial charge in [-0.25, -0.2) is 0 Å². The van der Waals surface area contributed by atoms with Crippen LogP contribution in [0, 0.1) is 0 Å². The quantitative estimate of drug-likeness (QED) is 0.636. The lowest BCUT2D eigenvalue weighted by atomic mass is 9.97. The molecule has 0 atom stereocenters. The van der Waals surface area contributed by atoms with Crippen LogP contribution < -0.4 is 10.9 Å². The molecule has 2 amide bonds. The number of hydrazine groups is 1. The van der Waals surface area contributed by atoms with Gasteiger partial charge >= 0.3 is 0 Å².